The lowest BCUT2D eigenvalue weighted by atomic mass is 10.3. The molecule has 0 aromatic carbocycles. The molecule has 0 unspecified atom stereocenters. The zero-order chi connectivity index (χ0) is 12.2. The summed E-state index contributed by atoms with van der Waals surface area (Å²) in [6, 6.07) is 0.988. The molecule has 0 aliphatic carbocycles. The lowest BCUT2D eigenvalue weighted by Gasteiger charge is -2.10. The lowest BCUT2D eigenvalue weighted by Crippen LogP contribution is -2.11. The van der Waals surface area contributed by atoms with Gasteiger partial charge in [-0.3, -0.25) is 0 Å². The van der Waals surface area contributed by atoms with Gasteiger partial charge in [0.25, 0.3) is 0 Å². The van der Waals surface area contributed by atoms with Gasteiger partial charge in [-0.1, -0.05) is 0 Å². The molecule has 0 aliphatic heterocycles. The number of hydrogen-bond donors (Lipinski definition) is 1. The number of halogens is 4. The van der Waals surface area contributed by atoms with Crippen molar-refractivity contribution in [2.75, 3.05) is 25.6 Å². The molecule has 0 amide bonds. The number of methoxy groups -OCH3 is 1. The first-order valence-corrected chi connectivity index (χ1v) is 5.20. The van der Waals surface area contributed by atoms with Gasteiger partial charge in [0.2, 0.25) is 0 Å². The SMILES string of the molecule is COCCNc1ncc(C(F)(F)F)cc1Br. The summed E-state index contributed by atoms with van der Waals surface area (Å²) in [6.07, 6.45) is -3.58. The van der Waals surface area contributed by atoms with Gasteiger partial charge in [-0.2, -0.15) is 13.2 Å². The molecule has 0 bridgehead atoms. The van der Waals surface area contributed by atoms with E-state index in [9.17, 15) is 13.2 Å². The number of aromatic nitrogens is 1. The first-order chi connectivity index (χ1) is 7.45. The fraction of sp³-hybridized carbons (Fsp3) is 0.444. The first-order valence-electron chi connectivity index (χ1n) is 4.40. The van der Waals surface area contributed by atoms with E-state index >= 15 is 0 Å². The monoisotopic (exact) mass is 298 g/mol. The Bertz CT molecular complexity index is 357. The van der Waals surface area contributed by atoms with Crippen molar-refractivity contribution in [2.45, 2.75) is 6.18 Å². The van der Waals surface area contributed by atoms with Crippen LogP contribution in [-0.2, 0) is 10.9 Å². The van der Waals surface area contributed by atoms with Gasteiger partial charge in [-0.25, -0.2) is 4.98 Å². The molecule has 0 aliphatic rings. The highest BCUT2D eigenvalue weighted by atomic mass is 79.9. The van der Waals surface area contributed by atoms with Crippen LogP contribution in [-0.4, -0.2) is 25.2 Å². The first kappa shape index (κ1) is 13.2. The third-order valence-electron chi connectivity index (χ3n) is 1.77. The highest BCUT2D eigenvalue weighted by Crippen LogP contribution is 2.32. The van der Waals surface area contributed by atoms with E-state index in [0.717, 1.165) is 12.3 Å². The predicted molar refractivity (Wildman–Crippen MR) is 57.3 cm³/mol. The number of rotatable bonds is 4. The molecule has 0 radical (unpaired) electrons. The summed E-state index contributed by atoms with van der Waals surface area (Å²) in [5.41, 5.74) is -0.781. The van der Waals surface area contributed by atoms with Gasteiger partial charge < -0.3 is 10.1 Å². The average Bonchev–Trinajstić information content (AvgIpc) is 2.19. The molecule has 0 spiro atoms. The standard InChI is InChI=1S/C9H10BrF3N2O/c1-16-3-2-14-8-7(10)4-6(5-15-8)9(11,12)13/h4-5H,2-3H2,1H3,(H,14,15). The summed E-state index contributed by atoms with van der Waals surface area (Å²) in [5.74, 6) is 0.366. The number of anilines is 1. The molecule has 0 atom stereocenters. The molecule has 0 saturated carbocycles. The molecule has 7 heteroatoms. The van der Waals surface area contributed by atoms with Crippen LogP contribution < -0.4 is 5.32 Å². The molecule has 90 valence electrons. The number of pyridine rings is 1. The van der Waals surface area contributed by atoms with Crippen molar-refractivity contribution in [3.63, 3.8) is 0 Å². The van der Waals surface area contributed by atoms with Crippen molar-refractivity contribution in [2.24, 2.45) is 0 Å². The van der Waals surface area contributed by atoms with Crippen molar-refractivity contribution >= 4 is 21.7 Å². The summed E-state index contributed by atoms with van der Waals surface area (Å²) in [5, 5.41) is 2.84. The topological polar surface area (TPSA) is 34.1 Å². The van der Waals surface area contributed by atoms with Gasteiger partial charge in [-0.15, -0.1) is 0 Å². The summed E-state index contributed by atoms with van der Waals surface area (Å²) >= 11 is 3.03. The lowest BCUT2D eigenvalue weighted by molar-refractivity contribution is -0.137. The van der Waals surface area contributed by atoms with Crippen LogP contribution in [0.1, 0.15) is 5.56 Å². The zero-order valence-corrected chi connectivity index (χ0v) is 10.0. The van der Waals surface area contributed by atoms with Gasteiger partial charge in [0.1, 0.15) is 5.82 Å². The van der Waals surface area contributed by atoms with Crippen LogP contribution in [0.25, 0.3) is 0 Å². The number of nitrogens with zero attached hydrogens (tertiary/aromatic N) is 1. The van der Waals surface area contributed by atoms with Crippen LogP contribution in [0.5, 0.6) is 0 Å². The van der Waals surface area contributed by atoms with E-state index in [2.05, 4.69) is 26.2 Å². The van der Waals surface area contributed by atoms with E-state index in [0.29, 0.717) is 19.0 Å². The molecule has 3 nitrogen and oxygen atoms in total. The molecule has 16 heavy (non-hydrogen) atoms. The Kier molecular flexibility index (Phi) is 4.55. The Morgan fingerprint density at radius 1 is 1.50 bits per heavy atom. The van der Waals surface area contributed by atoms with Crippen molar-refractivity contribution in [3.05, 3.63) is 22.3 Å². The second kappa shape index (κ2) is 5.49. The highest BCUT2D eigenvalue weighted by molar-refractivity contribution is 9.10. The minimum atomic E-state index is -4.37. The van der Waals surface area contributed by atoms with Gasteiger partial charge in [-0.05, 0) is 22.0 Å². The fourth-order valence-corrected chi connectivity index (χ4v) is 1.48. The Hall–Kier alpha value is -0.820. The van der Waals surface area contributed by atoms with Crippen molar-refractivity contribution in [1.29, 1.82) is 0 Å². The Morgan fingerprint density at radius 3 is 2.69 bits per heavy atom. The van der Waals surface area contributed by atoms with Crippen molar-refractivity contribution in [1.82, 2.24) is 4.98 Å². The summed E-state index contributed by atoms with van der Waals surface area (Å²) < 4.78 is 42.0. The maximum Gasteiger partial charge on any atom is 0.417 e. The maximum atomic E-state index is 12.3. The van der Waals surface area contributed by atoms with Gasteiger partial charge >= 0.3 is 6.18 Å². The van der Waals surface area contributed by atoms with Gasteiger partial charge in [0, 0.05) is 19.9 Å². The number of alkyl halides is 3. The smallest absolute Gasteiger partial charge is 0.383 e. The van der Waals surface area contributed by atoms with Crippen molar-refractivity contribution in [3.8, 4) is 0 Å². The fourth-order valence-electron chi connectivity index (χ4n) is 0.995. The van der Waals surface area contributed by atoms with Crippen molar-refractivity contribution < 1.29 is 17.9 Å². The average molecular weight is 299 g/mol. The van der Waals surface area contributed by atoms with Crippen LogP contribution >= 0.6 is 15.9 Å². The molecule has 0 fully saturated rings. The van der Waals surface area contributed by atoms with Crippen LogP contribution in [0.2, 0.25) is 0 Å². The van der Waals surface area contributed by atoms with Crippen LogP contribution in [0.15, 0.2) is 16.7 Å². The minimum Gasteiger partial charge on any atom is -0.383 e. The van der Waals surface area contributed by atoms with Gasteiger partial charge in [0.05, 0.1) is 16.6 Å². The Balaban J connectivity index is 2.76. The predicted octanol–water partition coefficient (Wildman–Crippen LogP) is 2.92. The normalized spacial score (nSPS) is 11.6. The Labute approximate surface area is 99.1 Å². The quantitative estimate of drug-likeness (QED) is 0.868. The van der Waals surface area contributed by atoms with Crippen LogP contribution in [0, 0.1) is 0 Å². The molecular weight excluding hydrogens is 289 g/mol. The van der Waals surface area contributed by atoms with Crippen LogP contribution in [0.4, 0.5) is 19.0 Å². The number of hydrogen-bond acceptors (Lipinski definition) is 3. The molecule has 1 rings (SSSR count). The molecule has 0 saturated heterocycles. The molecule has 1 heterocycles. The number of nitrogens with one attached hydrogen (secondary N) is 1. The highest BCUT2D eigenvalue weighted by Gasteiger charge is 2.31. The maximum absolute atomic E-state index is 12.3. The van der Waals surface area contributed by atoms with Gasteiger partial charge in [0.15, 0.2) is 0 Å². The third kappa shape index (κ3) is 3.64. The minimum absolute atomic E-state index is 0.276. The summed E-state index contributed by atoms with van der Waals surface area (Å²) in [7, 11) is 1.54. The van der Waals surface area contributed by atoms with E-state index in [1.165, 1.54) is 7.11 Å². The van der Waals surface area contributed by atoms with E-state index in [4.69, 9.17) is 4.74 Å². The van der Waals surface area contributed by atoms with E-state index < -0.39 is 11.7 Å². The molecule has 1 aromatic rings. The van der Waals surface area contributed by atoms with E-state index in [1.807, 2.05) is 0 Å². The number of ether oxygens (including phenoxy) is 1. The zero-order valence-electron chi connectivity index (χ0n) is 8.44. The Morgan fingerprint density at radius 2 is 2.19 bits per heavy atom. The molecule has 1 aromatic heterocycles. The van der Waals surface area contributed by atoms with E-state index in [1.54, 1.807) is 0 Å². The van der Waals surface area contributed by atoms with Crippen LogP contribution in [0.3, 0.4) is 0 Å². The summed E-state index contributed by atoms with van der Waals surface area (Å²) in [4.78, 5) is 3.68. The van der Waals surface area contributed by atoms with E-state index in [-0.39, 0.29) is 4.47 Å². The summed E-state index contributed by atoms with van der Waals surface area (Å²) in [6.45, 7) is 0.933. The third-order valence-corrected chi connectivity index (χ3v) is 2.37. The molecular formula is C9H10BrF3N2O. The largest absolute Gasteiger partial charge is 0.417 e. The molecule has 1 N–H and O–H groups in total. The second-order valence-electron chi connectivity index (χ2n) is 2.97. The second-order valence-corrected chi connectivity index (χ2v) is 3.83.